The van der Waals surface area contributed by atoms with Crippen molar-refractivity contribution in [3.05, 3.63) is 65.7 Å². The number of nitrogens with two attached hydrogens (primary N) is 1. The summed E-state index contributed by atoms with van der Waals surface area (Å²) in [5, 5.41) is 2.95. The Labute approximate surface area is 138 Å². The van der Waals surface area contributed by atoms with Gasteiger partial charge < -0.3 is 11.1 Å². The van der Waals surface area contributed by atoms with Crippen molar-refractivity contribution in [2.75, 3.05) is 5.32 Å². The van der Waals surface area contributed by atoms with Crippen LogP contribution in [-0.4, -0.2) is 5.91 Å². The molecule has 0 aromatic heterocycles. The molecule has 4 heteroatoms. The van der Waals surface area contributed by atoms with Crippen LogP contribution in [0.4, 0.5) is 5.69 Å². The normalized spacial score (nSPS) is 12.9. The number of carbonyl (C=O) groups excluding carboxylic acids is 1. The van der Waals surface area contributed by atoms with Crippen LogP contribution in [0.25, 0.3) is 0 Å². The molecule has 22 heavy (non-hydrogen) atoms. The van der Waals surface area contributed by atoms with Gasteiger partial charge in [0.15, 0.2) is 0 Å². The zero-order valence-electron chi connectivity index (χ0n) is 13.0. The highest BCUT2D eigenvalue weighted by atomic mass is 35.5. The van der Waals surface area contributed by atoms with Crippen molar-refractivity contribution in [1.82, 2.24) is 0 Å². The molecule has 3 N–H and O–H groups in total. The highest BCUT2D eigenvalue weighted by molar-refractivity contribution is 5.92. The van der Waals surface area contributed by atoms with E-state index in [1.165, 1.54) is 5.56 Å². The molecule has 0 fully saturated rings. The van der Waals surface area contributed by atoms with Gasteiger partial charge in [-0.15, -0.1) is 12.4 Å². The van der Waals surface area contributed by atoms with Crippen molar-refractivity contribution >= 4 is 24.0 Å². The van der Waals surface area contributed by atoms with Crippen molar-refractivity contribution in [3.63, 3.8) is 0 Å². The first-order valence-corrected chi connectivity index (χ1v) is 7.32. The third kappa shape index (κ3) is 4.58. The lowest BCUT2D eigenvalue weighted by Gasteiger charge is -2.20. The molecule has 0 aliphatic rings. The van der Waals surface area contributed by atoms with Gasteiger partial charge in [0.25, 0.3) is 0 Å². The van der Waals surface area contributed by atoms with E-state index >= 15 is 0 Å². The molecule has 3 nitrogen and oxygen atoms in total. The van der Waals surface area contributed by atoms with E-state index in [4.69, 9.17) is 5.73 Å². The van der Waals surface area contributed by atoms with Crippen molar-refractivity contribution < 1.29 is 4.79 Å². The molecule has 2 atom stereocenters. The van der Waals surface area contributed by atoms with Gasteiger partial charge in [-0.25, -0.2) is 0 Å². The summed E-state index contributed by atoms with van der Waals surface area (Å²) >= 11 is 0. The van der Waals surface area contributed by atoms with E-state index in [-0.39, 0.29) is 30.3 Å². The lowest BCUT2D eigenvalue weighted by Crippen LogP contribution is -2.30. The first-order chi connectivity index (χ1) is 10.1. The molecule has 0 saturated carbocycles. The summed E-state index contributed by atoms with van der Waals surface area (Å²) in [6.45, 7) is 3.95. The summed E-state index contributed by atoms with van der Waals surface area (Å²) in [6.07, 6.45) is 0.947. The number of rotatable bonds is 5. The number of hydrogen-bond donors (Lipinski definition) is 2. The summed E-state index contributed by atoms with van der Waals surface area (Å²) in [5.74, 6) is -0.350. The molecule has 118 valence electrons. The molecule has 2 rings (SSSR count). The van der Waals surface area contributed by atoms with Gasteiger partial charge in [-0.05, 0) is 29.7 Å². The summed E-state index contributed by atoms with van der Waals surface area (Å²) in [7, 11) is 0. The largest absolute Gasteiger partial charge is 0.326 e. The van der Waals surface area contributed by atoms with E-state index in [0.29, 0.717) is 0 Å². The lowest BCUT2D eigenvalue weighted by molar-refractivity contribution is -0.120. The topological polar surface area (TPSA) is 55.1 Å². The van der Waals surface area contributed by atoms with Crippen LogP contribution in [-0.2, 0) is 11.2 Å². The molecule has 0 aliphatic carbocycles. The molecule has 0 saturated heterocycles. The number of nitrogens with one attached hydrogen (secondary N) is 1. The van der Waals surface area contributed by atoms with Gasteiger partial charge in [0.05, 0.1) is 5.92 Å². The molecular weight excluding hydrogens is 296 g/mol. The SMILES string of the molecule is CCc1cccc(NC(=O)C(C)C(N)c2ccccc2)c1.Cl. The molecule has 0 aliphatic heterocycles. The molecule has 2 aromatic carbocycles. The maximum Gasteiger partial charge on any atom is 0.229 e. The van der Waals surface area contributed by atoms with E-state index in [0.717, 1.165) is 17.7 Å². The van der Waals surface area contributed by atoms with E-state index in [1.807, 2.05) is 55.5 Å². The first kappa shape index (κ1) is 18.2. The zero-order valence-corrected chi connectivity index (χ0v) is 13.8. The van der Waals surface area contributed by atoms with Crippen LogP contribution in [0, 0.1) is 5.92 Å². The average Bonchev–Trinajstić information content (AvgIpc) is 2.54. The molecule has 2 unspecified atom stereocenters. The molecule has 0 radical (unpaired) electrons. The lowest BCUT2D eigenvalue weighted by atomic mass is 9.94. The minimum absolute atomic E-state index is 0. The summed E-state index contributed by atoms with van der Waals surface area (Å²) in [5.41, 5.74) is 9.19. The molecule has 0 bridgehead atoms. The van der Waals surface area contributed by atoms with Crippen LogP contribution in [0.5, 0.6) is 0 Å². The van der Waals surface area contributed by atoms with Crippen molar-refractivity contribution in [2.24, 2.45) is 11.7 Å². The van der Waals surface area contributed by atoms with Gasteiger partial charge in [0, 0.05) is 11.7 Å². The molecule has 0 heterocycles. The van der Waals surface area contributed by atoms with Crippen LogP contribution in [0.15, 0.2) is 54.6 Å². The van der Waals surface area contributed by atoms with Crippen molar-refractivity contribution in [3.8, 4) is 0 Å². The second-order valence-corrected chi connectivity index (χ2v) is 5.27. The predicted octanol–water partition coefficient (Wildman–Crippen LogP) is 3.95. The Bertz CT molecular complexity index is 601. The van der Waals surface area contributed by atoms with Crippen LogP contribution < -0.4 is 11.1 Å². The molecule has 2 aromatic rings. The number of aryl methyl sites for hydroxylation is 1. The van der Waals surface area contributed by atoms with E-state index < -0.39 is 0 Å². The van der Waals surface area contributed by atoms with Crippen molar-refractivity contribution in [1.29, 1.82) is 0 Å². The average molecular weight is 319 g/mol. The molecule has 0 spiro atoms. The maximum absolute atomic E-state index is 12.3. The predicted molar refractivity (Wildman–Crippen MR) is 94.2 cm³/mol. The van der Waals surface area contributed by atoms with Gasteiger partial charge in [-0.3, -0.25) is 4.79 Å². The summed E-state index contributed by atoms with van der Waals surface area (Å²) in [6, 6.07) is 17.3. The number of benzene rings is 2. The highest BCUT2D eigenvalue weighted by Gasteiger charge is 2.22. The number of anilines is 1. The Morgan fingerprint density at radius 3 is 2.45 bits per heavy atom. The van der Waals surface area contributed by atoms with Crippen LogP contribution in [0.2, 0.25) is 0 Å². The van der Waals surface area contributed by atoms with Gasteiger partial charge in [0.1, 0.15) is 0 Å². The van der Waals surface area contributed by atoms with Gasteiger partial charge in [-0.1, -0.05) is 56.3 Å². The summed E-state index contributed by atoms with van der Waals surface area (Å²) in [4.78, 5) is 12.3. The fourth-order valence-corrected chi connectivity index (χ4v) is 2.25. The third-order valence-corrected chi connectivity index (χ3v) is 3.74. The van der Waals surface area contributed by atoms with Crippen LogP contribution >= 0.6 is 12.4 Å². The zero-order chi connectivity index (χ0) is 15.2. The number of halogens is 1. The smallest absolute Gasteiger partial charge is 0.229 e. The van der Waals surface area contributed by atoms with E-state index in [1.54, 1.807) is 0 Å². The summed E-state index contributed by atoms with van der Waals surface area (Å²) < 4.78 is 0. The maximum atomic E-state index is 12.3. The fraction of sp³-hybridized carbons (Fsp3) is 0.278. The number of amides is 1. The van der Waals surface area contributed by atoms with E-state index in [9.17, 15) is 4.79 Å². The standard InChI is InChI=1S/C18H22N2O.ClH/c1-3-14-8-7-11-16(12-14)20-18(21)13(2)17(19)15-9-5-4-6-10-15;/h4-13,17H,3,19H2,1-2H3,(H,20,21);1H. The Balaban J connectivity index is 0.00000242. The van der Waals surface area contributed by atoms with Crippen molar-refractivity contribution in [2.45, 2.75) is 26.3 Å². The van der Waals surface area contributed by atoms with Gasteiger partial charge >= 0.3 is 0 Å². The Morgan fingerprint density at radius 1 is 1.14 bits per heavy atom. The molecule has 1 amide bonds. The van der Waals surface area contributed by atoms with Gasteiger partial charge in [0.2, 0.25) is 5.91 Å². The van der Waals surface area contributed by atoms with Crippen LogP contribution in [0.1, 0.15) is 31.0 Å². The quantitative estimate of drug-likeness (QED) is 0.877. The monoisotopic (exact) mass is 318 g/mol. The fourth-order valence-electron chi connectivity index (χ4n) is 2.25. The Morgan fingerprint density at radius 2 is 1.82 bits per heavy atom. The van der Waals surface area contributed by atoms with Gasteiger partial charge in [-0.2, -0.15) is 0 Å². The molecular formula is C18H23ClN2O. The number of hydrogen-bond acceptors (Lipinski definition) is 2. The third-order valence-electron chi connectivity index (χ3n) is 3.74. The minimum Gasteiger partial charge on any atom is -0.326 e. The minimum atomic E-state index is -0.305. The Hall–Kier alpha value is -1.84. The Kier molecular flexibility index (Phi) is 7.09. The second kappa shape index (κ2) is 8.57. The van der Waals surface area contributed by atoms with Crippen LogP contribution in [0.3, 0.4) is 0 Å². The first-order valence-electron chi connectivity index (χ1n) is 7.32. The van der Waals surface area contributed by atoms with E-state index in [2.05, 4.69) is 18.3 Å². The number of carbonyl (C=O) groups is 1. The highest BCUT2D eigenvalue weighted by Crippen LogP contribution is 2.21. The second-order valence-electron chi connectivity index (χ2n) is 5.27.